The number of fused-ring (bicyclic) bond motifs is 2. The fourth-order valence-corrected chi connectivity index (χ4v) is 5.42. The van der Waals surface area contributed by atoms with Crippen molar-refractivity contribution in [1.29, 1.82) is 0 Å². The molecule has 4 aromatic heterocycles. The molecule has 0 radical (unpaired) electrons. The van der Waals surface area contributed by atoms with Crippen LogP contribution in [0, 0.1) is 5.82 Å². The molecule has 0 saturated carbocycles. The van der Waals surface area contributed by atoms with Crippen LogP contribution in [0.2, 0.25) is 0 Å². The Morgan fingerprint density at radius 1 is 1.15 bits per heavy atom. The molecule has 210 valence electrons. The Morgan fingerprint density at radius 3 is 2.68 bits per heavy atom. The highest BCUT2D eigenvalue weighted by Crippen LogP contribution is 2.35. The lowest BCUT2D eigenvalue weighted by Crippen LogP contribution is -2.33. The Kier molecular flexibility index (Phi) is 6.83. The molecule has 1 amide bonds. The number of furan rings is 1. The first-order valence-electron chi connectivity index (χ1n) is 11.8. The summed E-state index contributed by atoms with van der Waals surface area (Å²) in [4.78, 5) is 21.6. The van der Waals surface area contributed by atoms with Crippen molar-refractivity contribution < 1.29 is 36.2 Å². The quantitative estimate of drug-likeness (QED) is 0.202. The van der Waals surface area contributed by atoms with E-state index in [0.29, 0.717) is 43.3 Å². The van der Waals surface area contributed by atoms with E-state index in [1.54, 1.807) is 34.3 Å². The fraction of sp³-hybridized carbons (Fsp3) is 0.154. The average molecular weight is 604 g/mol. The number of carbonyl (C=O) groups excluding carboxylic acids is 1. The van der Waals surface area contributed by atoms with Crippen LogP contribution in [0.3, 0.4) is 0 Å². The van der Waals surface area contributed by atoms with Gasteiger partial charge >= 0.3 is 6.18 Å². The van der Waals surface area contributed by atoms with E-state index in [1.807, 2.05) is 5.32 Å². The normalized spacial score (nSPS) is 11.8. The Labute approximate surface area is 236 Å². The van der Waals surface area contributed by atoms with Crippen LogP contribution in [0.15, 0.2) is 58.5 Å². The van der Waals surface area contributed by atoms with Crippen molar-refractivity contribution in [2.75, 3.05) is 13.7 Å². The van der Waals surface area contributed by atoms with E-state index in [-0.39, 0.29) is 23.5 Å². The van der Waals surface area contributed by atoms with Gasteiger partial charge in [0.2, 0.25) is 4.96 Å². The molecule has 4 heterocycles. The first-order chi connectivity index (χ1) is 19.6. The van der Waals surface area contributed by atoms with Gasteiger partial charge in [-0.25, -0.2) is 18.9 Å². The molecular formula is C26H17F4N5O4S2. The Balaban J connectivity index is 1.16. The number of rotatable bonds is 8. The summed E-state index contributed by atoms with van der Waals surface area (Å²) in [7, 11) is 1.52. The number of thiazole rings is 1. The lowest BCUT2D eigenvalue weighted by Gasteiger charge is -2.08. The number of aromatic nitrogens is 4. The molecule has 6 aromatic rings. The van der Waals surface area contributed by atoms with Gasteiger partial charge in [-0.1, -0.05) is 12.1 Å². The summed E-state index contributed by atoms with van der Waals surface area (Å²) in [5.74, 6) is -0.683. The highest BCUT2D eigenvalue weighted by Gasteiger charge is 2.28. The van der Waals surface area contributed by atoms with Gasteiger partial charge in [0.25, 0.3) is 11.1 Å². The van der Waals surface area contributed by atoms with E-state index in [1.165, 1.54) is 54.0 Å². The molecule has 0 atom stereocenters. The number of methoxy groups -OCH3 is 1. The van der Waals surface area contributed by atoms with E-state index in [2.05, 4.69) is 15.1 Å². The van der Waals surface area contributed by atoms with Crippen LogP contribution in [-0.4, -0.2) is 45.3 Å². The van der Waals surface area contributed by atoms with Crippen LogP contribution in [0.1, 0.15) is 16.1 Å². The number of nitrogens with one attached hydrogen (secondary N) is 1. The minimum atomic E-state index is -4.49. The van der Waals surface area contributed by atoms with Crippen molar-refractivity contribution >= 4 is 44.5 Å². The number of nitrogens with zero attached hydrogens (tertiary/aromatic N) is 4. The summed E-state index contributed by atoms with van der Waals surface area (Å²) >= 11 is 2.59. The van der Waals surface area contributed by atoms with E-state index in [0.717, 1.165) is 0 Å². The molecule has 0 spiro atoms. The van der Waals surface area contributed by atoms with Crippen LogP contribution >= 0.6 is 22.7 Å². The molecule has 0 fully saturated rings. The molecule has 6 rings (SSSR count). The van der Waals surface area contributed by atoms with Crippen LogP contribution in [0.5, 0.6) is 10.9 Å². The summed E-state index contributed by atoms with van der Waals surface area (Å²) in [5.41, 5.74) is 2.15. The van der Waals surface area contributed by atoms with Gasteiger partial charge in [-0.2, -0.15) is 13.2 Å². The number of carbonyl (C=O) groups is 1. The summed E-state index contributed by atoms with van der Waals surface area (Å²) in [6, 6.07) is 10.3. The van der Waals surface area contributed by atoms with Crippen molar-refractivity contribution in [3.05, 3.63) is 71.1 Å². The van der Waals surface area contributed by atoms with Crippen molar-refractivity contribution in [2.45, 2.75) is 12.8 Å². The zero-order chi connectivity index (χ0) is 28.7. The minimum absolute atomic E-state index is 0.0391. The largest absolute Gasteiger partial charge is 0.486 e. The number of halogens is 4. The molecule has 0 unspecified atom stereocenters. The number of hydrogen-bond acceptors (Lipinski definition) is 9. The molecule has 15 heteroatoms. The molecule has 0 saturated heterocycles. The van der Waals surface area contributed by atoms with E-state index < -0.39 is 24.4 Å². The number of ether oxygens (including phenoxy) is 2. The van der Waals surface area contributed by atoms with Gasteiger partial charge in [-0.05, 0) is 29.5 Å². The number of benzene rings is 2. The number of alkyl halides is 3. The fourth-order valence-electron chi connectivity index (χ4n) is 3.91. The maximum absolute atomic E-state index is 14.4. The summed E-state index contributed by atoms with van der Waals surface area (Å²) < 4.78 is 69.9. The maximum Gasteiger partial charge on any atom is 0.405 e. The second kappa shape index (κ2) is 10.5. The molecule has 41 heavy (non-hydrogen) atoms. The monoisotopic (exact) mass is 603 g/mol. The van der Waals surface area contributed by atoms with E-state index >= 15 is 0 Å². The number of hydrogen-bond donors (Lipinski definition) is 1. The molecule has 1 N–H and O–H groups in total. The van der Waals surface area contributed by atoms with Gasteiger partial charge in [0.15, 0.2) is 5.76 Å². The number of amides is 1. The predicted octanol–water partition coefficient (Wildman–Crippen LogP) is 6.35. The lowest BCUT2D eigenvalue weighted by atomic mass is 10.1. The zero-order valence-electron chi connectivity index (χ0n) is 20.9. The SMILES string of the molecule is COc1nn2cc(-c3cc4c(OCc5csc(-c6ccc(C(=O)NCC(F)(F)F)cc6)n5)cc(F)cc4o3)nc2s1. The minimum Gasteiger partial charge on any atom is -0.486 e. The van der Waals surface area contributed by atoms with Crippen LogP contribution in [-0.2, 0) is 6.61 Å². The summed E-state index contributed by atoms with van der Waals surface area (Å²) in [5, 5.41) is 9.48. The van der Waals surface area contributed by atoms with Crippen LogP contribution in [0.25, 0.3) is 38.0 Å². The van der Waals surface area contributed by atoms with Crippen molar-refractivity contribution in [3.63, 3.8) is 0 Å². The highest BCUT2D eigenvalue weighted by molar-refractivity contribution is 7.18. The average Bonchev–Trinajstić information content (AvgIpc) is 3.72. The van der Waals surface area contributed by atoms with Crippen molar-refractivity contribution in [3.8, 4) is 33.0 Å². The topological polar surface area (TPSA) is 104 Å². The molecule has 0 aliphatic carbocycles. The Bertz CT molecular complexity index is 1840. The molecule has 0 aliphatic rings. The predicted molar refractivity (Wildman–Crippen MR) is 143 cm³/mol. The first kappa shape index (κ1) is 26.7. The number of imidazole rings is 1. The van der Waals surface area contributed by atoms with Gasteiger partial charge in [0.05, 0.1) is 24.4 Å². The van der Waals surface area contributed by atoms with Gasteiger partial charge in [-0.15, -0.1) is 16.4 Å². The van der Waals surface area contributed by atoms with Gasteiger partial charge in [0, 0.05) is 28.6 Å². The van der Waals surface area contributed by atoms with Crippen molar-refractivity contribution in [2.24, 2.45) is 0 Å². The third-order valence-corrected chi connectivity index (χ3v) is 7.61. The molecule has 2 aromatic carbocycles. The van der Waals surface area contributed by atoms with E-state index in [4.69, 9.17) is 13.9 Å². The second-order valence-electron chi connectivity index (χ2n) is 8.66. The van der Waals surface area contributed by atoms with Gasteiger partial charge < -0.3 is 19.2 Å². The third kappa shape index (κ3) is 5.71. The Morgan fingerprint density at radius 2 is 1.95 bits per heavy atom. The first-order valence-corrected chi connectivity index (χ1v) is 13.5. The van der Waals surface area contributed by atoms with Crippen LogP contribution < -0.4 is 14.8 Å². The Hall–Kier alpha value is -4.50. The molecule has 0 bridgehead atoms. The van der Waals surface area contributed by atoms with Crippen molar-refractivity contribution in [1.82, 2.24) is 24.9 Å². The maximum atomic E-state index is 14.4. The summed E-state index contributed by atoms with van der Waals surface area (Å²) in [6.07, 6.45) is -2.81. The molecular weight excluding hydrogens is 586 g/mol. The van der Waals surface area contributed by atoms with Gasteiger partial charge in [-0.3, -0.25) is 4.79 Å². The van der Waals surface area contributed by atoms with E-state index in [9.17, 15) is 22.4 Å². The summed E-state index contributed by atoms with van der Waals surface area (Å²) in [6.45, 7) is -1.37. The smallest absolute Gasteiger partial charge is 0.405 e. The highest BCUT2D eigenvalue weighted by atomic mass is 32.1. The third-order valence-electron chi connectivity index (χ3n) is 5.79. The van der Waals surface area contributed by atoms with Crippen LogP contribution in [0.4, 0.5) is 17.6 Å². The standard InChI is InChI=1S/C26H17F4N5O4S2/c1-37-25-34-35-9-18(33-24(35)41-25)21-8-17-19(6-15(27)7-20(17)39-21)38-10-16-11-40-23(32-16)14-4-2-13(3-5-14)22(36)31-12-26(28,29)30/h2-9,11H,10,12H2,1H3,(H,31,36). The second-order valence-corrected chi connectivity index (χ2v) is 10.4. The van der Waals surface area contributed by atoms with Gasteiger partial charge in [0.1, 0.15) is 41.0 Å². The lowest BCUT2D eigenvalue weighted by molar-refractivity contribution is -0.123. The molecule has 0 aliphatic heterocycles. The molecule has 9 nitrogen and oxygen atoms in total. The zero-order valence-corrected chi connectivity index (χ0v) is 22.5.